The lowest BCUT2D eigenvalue weighted by Crippen LogP contribution is -1.94. The first-order chi connectivity index (χ1) is 15.1. The molecule has 0 aliphatic carbocycles. The van der Waals surface area contributed by atoms with Crippen molar-refractivity contribution in [2.45, 2.75) is 176 Å². The fraction of sp³-hybridized carbons (Fsp3) is 0.935. The molecule has 0 heterocycles. The minimum atomic E-state index is 0.904. The number of rotatable bonds is 21. The summed E-state index contributed by atoms with van der Waals surface area (Å²) in [5.41, 5.74) is 0. The lowest BCUT2D eigenvalue weighted by atomic mass is 9.97. The number of hydrogen-bond acceptors (Lipinski definition) is 0. The van der Waals surface area contributed by atoms with Crippen LogP contribution in [0.25, 0.3) is 0 Å². The quantitative estimate of drug-likeness (QED) is 0.123. The monoisotopic (exact) mass is 439 g/mol. The van der Waals surface area contributed by atoms with Crippen molar-refractivity contribution in [3.8, 4) is 0 Å². The van der Waals surface area contributed by atoms with Gasteiger partial charge in [-0.25, -0.2) is 0 Å². The van der Waals surface area contributed by atoms with Gasteiger partial charge in [0.1, 0.15) is 0 Å². The van der Waals surface area contributed by atoms with Crippen LogP contribution in [-0.4, -0.2) is 0 Å². The summed E-state index contributed by atoms with van der Waals surface area (Å²) in [5, 5.41) is 0. The van der Waals surface area contributed by atoms with E-state index >= 15 is 0 Å². The SMILES string of the molecule is C=C.CCCCCC(C)C.CCCCCCCCCCCCCCCC(C)CCCC. The third kappa shape index (κ3) is 40.6. The van der Waals surface area contributed by atoms with Crippen LogP contribution in [0.1, 0.15) is 176 Å². The van der Waals surface area contributed by atoms with Crippen molar-refractivity contribution in [1.82, 2.24) is 0 Å². The topological polar surface area (TPSA) is 0 Å². The molecule has 1 unspecified atom stereocenters. The molecule has 0 N–H and O–H groups in total. The third-order valence-corrected chi connectivity index (χ3v) is 6.24. The van der Waals surface area contributed by atoms with Crippen LogP contribution in [0.4, 0.5) is 0 Å². The van der Waals surface area contributed by atoms with Gasteiger partial charge >= 0.3 is 0 Å². The lowest BCUT2D eigenvalue weighted by Gasteiger charge is -2.10. The first-order valence-electron chi connectivity index (χ1n) is 14.6. The average Bonchev–Trinajstić information content (AvgIpc) is 2.77. The Morgan fingerprint density at radius 1 is 0.387 bits per heavy atom. The second kappa shape index (κ2) is 34.4. The Hall–Kier alpha value is -0.260. The zero-order valence-electron chi connectivity index (χ0n) is 23.4. The molecule has 0 aromatic carbocycles. The maximum absolute atomic E-state index is 3.00. The van der Waals surface area contributed by atoms with Crippen molar-refractivity contribution in [3.63, 3.8) is 0 Å². The van der Waals surface area contributed by atoms with Gasteiger partial charge in [-0.2, -0.15) is 0 Å². The molecular weight excluding hydrogens is 372 g/mol. The Labute approximate surface area is 201 Å². The summed E-state index contributed by atoms with van der Waals surface area (Å²) in [6.07, 6.45) is 30.4. The molecule has 0 fully saturated rings. The lowest BCUT2D eigenvalue weighted by molar-refractivity contribution is 0.440. The Balaban J connectivity index is -0.000000655. The van der Waals surface area contributed by atoms with E-state index in [-0.39, 0.29) is 0 Å². The zero-order valence-corrected chi connectivity index (χ0v) is 23.4. The summed E-state index contributed by atoms with van der Waals surface area (Å²) >= 11 is 0. The third-order valence-electron chi connectivity index (χ3n) is 6.24. The Kier molecular flexibility index (Phi) is 39.2. The molecular formula is C31H66. The van der Waals surface area contributed by atoms with Gasteiger partial charge in [0.25, 0.3) is 0 Å². The summed E-state index contributed by atoms with van der Waals surface area (Å²) in [7, 11) is 0. The summed E-state index contributed by atoms with van der Waals surface area (Å²) in [6, 6.07) is 0. The minimum Gasteiger partial charge on any atom is -0.106 e. The van der Waals surface area contributed by atoms with Gasteiger partial charge in [0.2, 0.25) is 0 Å². The van der Waals surface area contributed by atoms with Gasteiger partial charge < -0.3 is 0 Å². The molecule has 0 aromatic rings. The molecule has 0 spiro atoms. The van der Waals surface area contributed by atoms with Crippen molar-refractivity contribution in [1.29, 1.82) is 0 Å². The highest BCUT2D eigenvalue weighted by atomic mass is 14.1. The van der Waals surface area contributed by atoms with E-state index in [0.717, 1.165) is 11.8 Å². The smallest absolute Gasteiger partial charge is 0.0443 e. The van der Waals surface area contributed by atoms with Crippen LogP contribution in [0.5, 0.6) is 0 Å². The molecule has 190 valence electrons. The summed E-state index contributed by atoms with van der Waals surface area (Å²) in [5.74, 6) is 1.87. The molecule has 0 aliphatic heterocycles. The largest absolute Gasteiger partial charge is 0.106 e. The second-order valence-electron chi connectivity index (χ2n) is 10.2. The molecule has 31 heavy (non-hydrogen) atoms. The van der Waals surface area contributed by atoms with Gasteiger partial charge in [-0.15, -0.1) is 13.2 Å². The number of unbranched alkanes of at least 4 members (excludes halogenated alkanes) is 15. The van der Waals surface area contributed by atoms with Crippen LogP contribution in [0.3, 0.4) is 0 Å². The second-order valence-corrected chi connectivity index (χ2v) is 10.2. The summed E-state index contributed by atoms with van der Waals surface area (Å²) in [4.78, 5) is 0. The zero-order chi connectivity index (χ0) is 24.0. The highest BCUT2D eigenvalue weighted by molar-refractivity contribution is 4.55. The predicted octanol–water partition coefficient (Wildman–Crippen LogP) is 12.3. The Morgan fingerprint density at radius 3 is 1.06 bits per heavy atom. The van der Waals surface area contributed by atoms with Gasteiger partial charge in [0, 0.05) is 0 Å². The van der Waals surface area contributed by atoms with Crippen molar-refractivity contribution >= 4 is 0 Å². The van der Waals surface area contributed by atoms with Crippen LogP contribution in [-0.2, 0) is 0 Å². The van der Waals surface area contributed by atoms with Crippen LogP contribution >= 0.6 is 0 Å². The molecule has 0 saturated heterocycles. The molecule has 0 bridgehead atoms. The molecule has 0 saturated carbocycles. The Bertz CT molecular complexity index is 267. The van der Waals surface area contributed by atoms with Crippen LogP contribution < -0.4 is 0 Å². The molecule has 0 nitrogen and oxygen atoms in total. The van der Waals surface area contributed by atoms with Gasteiger partial charge in [-0.05, 0) is 11.8 Å². The molecule has 0 radical (unpaired) electrons. The predicted molar refractivity (Wildman–Crippen MR) is 149 cm³/mol. The van der Waals surface area contributed by atoms with Crippen LogP contribution in [0.2, 0.25) is 0 Å². The van der Waals surface area contributed by atoms with Gasteiger partial charge in [0.15, 0.2) is 0 Å². The van der Waals surface area contributed by atoms with Crippen molar-refractivity contribution < 1.29 is 0 Å². The van der Waals surface area contributed by atoms with E-state index in [1.165, 1.54) is 135 Å². The maximum Gasteiger partial charge on any atom is -0.0443 e. The summed E-state index contributed by atoms with van der Waals surface area (Å²) < 4.78 is 0. The molecule has 0 rings (SSSR count). The standard InChI is InChI=1S/C21H44.C8H18.C2H4/c1-4-6-8-9-10-11-12-13-14-15-16-17-18-20-21(3)19-7-5-2;1-4-5-6-7-8(2)3;1-2/h21H,4-20H2,1-3H3;8H,4-7H2,1-3H3;1-2H2. The van der Waals surface area contributed by atoms with E-state index in [1.54, 1.807) is 0 Å². The molecule has 0 aliphatic rings. The molecule has 0 aromatic heterocycles. The Morgan fingerprint density at radius 2 is 0.677 bits per heavy atom. The first kappa shape index (κ1) is 35.3. The molecule has 0 amide bonds. The van der Waals surface area contributed by atoms with Gasteiger partial charge in [-0.1, -0.05) is 176 Å². The normalized spacial score (nSPS) is 11.5. The fourth-order valence-corrected chi connectivity index (χ4v) is 4.01. The van der Waals surface area contributed by atoms with Crippen molar-refractivity contribution in [3.05, 3.63) is 13.2 Å². The van der Waals surface area contributed by atoms with Crippen LogP contribution in [0.15, 0.2) is 13.2 Å². The van der Waals surface area contributed by atoms with E-state index in [9.17, 15) is 0 Å². The minimum absolute atomic E-state index is 0.904. The van der Waals surface area contributed by atoms with Crippen LogP contribution in [0, 0.1) is 11.8 Å². The van der Waals surface area contributed by atoms with Crippen molar-refractivity contribution in [2.75, 3.05) is 0 Å². The van der Waals surface area contributed by atoms with Gasteiger partial charge in [0.05, 0.1) is 0 Å². The maximum atomic E-state index is 3.00. The van der Waals surface area contributed by atoms with E-state index in [0.29, 0.717) is 0 Å². The van der Waals surface area contributed by atoms with E-state index in [1.807, 2.05) is 0 Å². The van der Waals surface area contributed by atoms with E-state index < -0.39 is 0 Å². The highest BCUT2D eigenvalue weighted by Gasteiger charge is 2.01. The summed E-state index contributed by atoms with van der Waals surface area (Å²) in [6.45, 7) is 19.9. The fourth-order valence-electron chi connectivity index (χ4n) is 4.01. The molecule has 0 heteroatoms. The number of hydrogen-bond donors (Lipinski definition) is 0. The first-order valence-corrected chi connectivity index (χ1v) is 14.6. The molecule has 1 atom stereocenters. The van der Waals surface area contributed by atoms with Crippen molar-refractivity contribution in [2.24, 2.45) is 11.8 Å². The average molecular weight is 439 g/mol. The van der Waals surface area contributed by atoms with E-state index in [4.69, 9.17) is 0 Å². The van der Waals surface area contributed by atoms with E-state index in [2.05, 4.69) is 54.7 Å². The highest BCUT2D eigenvalue weighted by Crippen LogP contribution is 2.17. The van der Waals surface area contributed by atoms with Gasteiger partial charge in [-0.3, -0.25) is 0 Å².